The number of hydrogen-bond acceptors (Lipinski definition) is 7. The van der Waals surface area contributed by atoms with Crippen LogP contribution >= 0.6 is 0 Å². The standard InChI is InChI=1S/C17H19N7O4S/c1-2-16(25)21-13-3-5-14(6-4-13)29(27,28)20-9-10-23-17(26)8-7-15(22-23)24-12-18-11-19-24/h3-8,11-12,20H,2,9-10H2,1H3,(H,21,25). The third kappa shape index (κ3) is 5.12. The van der Waals surface area contributed by atoms with Crippen LogP contribution in [0, 0.1) is 0 Å². The van der Waals surface area contributed by atoms with Crippen LogP contribution in [0.4, 0.5) is 5.69 Å². The average Bonchev–Trinajstić information content (AvgIpc) is 3.24. The zero-order valence-corrected chi connectivity index (χ0v) is 16.3. The van der Waals surface area contributed by atoms with E-state index in [9.17, 15) is 18.0 Å². The first-order valence-corrected chi connectivity index (χ1v) is 10.2. The molecule has 1 amide bonds. The number of carbonyl (C=O) groups excluding carboxylic acids is 1. The lowest BCUT2D eigenvalue weighted by Crippen LogP contribution is -2.32. The molecule has 29 heavy (non-hydrogen) atoms. The lowest BCUT2D eigenvalue weighted by molar-refractivity contribution is -0.115. The number of aromatic nitrogens is 5. The second-order valence-electron chi connectivity index (χ2n) is 5.92. The Kier molecular flexibility index (Phi) is 6.14. The Morgan fingerprint density at radius 1 is 1.14 bits per heavy atom. The number of nitrogens with one attached hydrogen (secondary N) is 2. The molecule has 0 spiro atoms. The van der Waals surface area contributed by atoms with E-state index in [1.165, 1.54) is 53.7 Å². The van der Waals surface area contributed by atoms with Gasteiger partial charge in [-0.05, 0) is 30.3 Å². The largest absolute Gasteiger partial charge is 0.326 e. The van der Waals surface area contributed by atoms with E-state index in [4.69, 9.17) is 0 Å². The minimum atomic E-state index is -3.78. The summed E-state index contributed by atoms with van der Waals surface area (Å²) in [4.78, 5) is 27.2. The van der Waals surface area contributed by atoms with Gasteiger partial charge in [-0.25, -0.2) is 27.5 Å². The summed E-state index contributed by atoms with van der Waals surface area (Å²) in [6.07, 6.45) is 3.10. The van der Waals surface area contributed by atoms with Crippen LogP contribution < -0.4 is 15.6 Å². The van der Waals surface area contributed by atoms with Crippen molar-refractivity contribution in [1.82, 2.24) is 29.3 Å². The molecule has 2 heterocycles. The van der Waals surface area contributed by atoms with Gasteiger partial charge in [0.05, 0.1) is 11.4 Å². The molecule has 1 aromatic carbocycles. The highest BCUT2D eigenvalue weighted by molar-refractivity contribution is 7.89. The Bertz CT molecular complexity index is 1140. The summed E-state index contributed by atoms with van der Waals surface area (Å²) in [7, 11) is -3.78. The third-order valence-electron chi connectivity index (χ3n) is 3.89. The summed E-state index contributed by atoms with van der Waals surface area (Å²) in [5, 5.41) is 10.7. The van der Waals surface area contributed by atoms with Crippen molar-refractivity contribution in [3.05, 3.63) is 59.4 Å². The summed E-state index contributed by atoms with van der Waals surface area (Å²) in [6.45, 7) is 1.72. The molecule has 2 N–H and O–H groups in total. The van der Waals surface area contributed by atoms with Gasteiger partial charge in [0.15, 0.2) is 5.82 Å². The van der Waals surface area contributed by atoms with E-state index in [-0.39, 0.29) is 29.5 Å². The number of nitrogens with zero attached hydrogens (tertiary/aromatic N) is 5. The Morgan fingerprint density at radius 2 is 1.90 bits per heavy atom. The molecule has 3 aromatic rings. The topological polar surface area (TPSA) is 141 Å². The molecule has 0 radical (unpaired) electrons. The SMILES string of the molecule is CCC(=O)Nc1ccc(S(=O)(=O)NCCn2nc(-n3cncn3)ccc2=O)cc1. The molecule has 2 aromatic heterocycles. The molecule has 0 aliphatic rings. The summed E-state index contributed by atoms with van der Waals surface area (Å²) in [6, 6.07) is 8.62. The Labute approximate surface area is 166 Å². The molecule has 0 bridgehead atoms. The van der Waals surface area contributed by atoms with Crippen LogP contribution in [0.5, 0.6) is 0 Å². The third-order valence-corrected chi connectivity index (χ3v) is 5.37. The normalized spacial score (nSPS) is 11.3. The van der Waals surface area contributed by atoms with Gasteiger partial charge in [-0.3, -0.25) is 9.59 Å². The monoisotopic (exact) mass is 417 g/mol. The van der Waals surface area contributed by atoms with Gasteiger partial charge >= 0.3 is 0 Å². The van der Waals surface area contributed by atoms with Crippen molar-refractivity contribution < 1.29 is 13.2 Å². The lowest BCUT2D eigenvalue weighted by Gasteiger charge is -2.10. The van der Waals surface area contributed by atoms with Gasteiger partial charge in [0, 0.05) is 24.7 Å². The van der Waals surface area contributed by atoms with Crippen LogP contribution in [-0.2, 0) is 21.4 Å². The quantitative estimate of drug-likeness (QED) is 0.531. The maximum absolute atomic E-state index is 12.4. The van der Waals surface area contributed by atoms with Crippen molar-refractivity contribution >= 4 is 21.6 Å². The number of benzene rings is 1. The summed E-state index contributed by atoms with van der Waals surface area (Å²) >= 11 is 0. The van der Waals surface area contributed by atoms with E-state index in [1.54, 1.807) is 6.92 Å². The first-order chi connectivity index (χ1) is 13.9. The second kappa shape index (κ2) is 8.75. The fraction of sp³-hybridized carbons (Fsp3) is 0.235. The van der Waals surface area contributed by atoms with E-state index in [1.807, 2.05) is 0 Å². The van der Waals surface area contributed by atoms with Crippen LogP contribution in [0.3, 0.4) is 0 Å². The van der Waals surface area contributed by atoms with Crippen LogP contribution in [0.2, 0.25) is 0 Å². The van der Waals surface area contributed by atoms with Gasteiger partial charge in [0.1, 0.15) is 12.7 Å². The predicted octanol–water partition coefficient (Wildman–Crippen LogP) is 0.151. The van der Waals surface area contributed by atoms with Crippen molar-refractivity contribution in [2.24, 2.45) is 0 Å². The van der Waals surface area contributed by atoms with Gasteiger partial charge in [-0.15, -0.1) is 5.10 Å². The molecule has 0 saturated heterocycles. The summed E-state index contributed by atoms with van der Waals surface area (Å²) in [5.41, 5.74) is 0.139. The van der Waals surface area contributed by atoms with E-state index >= 15 is 0 Å². The first-order valence-electron chi connectivity index (χ1n) is 8.72. The molecule has 152 valence electrons. The fourth-order valence-electron chi connectivity index (χ4n) is 2.38. The Hall–Kier alpha value is -3.38. The Morgan fingerprint density at radius 3 is 2.55 bits per heavy atom. The van der Waals surface area contributed by atoms with Crippen LogP contribution in [0.1, 0.15) is 13.3 Å². The van der Waals surface area contributed by atoms with Crippen LogP contribution in [0.25, 0.3) is 5.82 Å². The molecular formula is C17H19N7O4S. The number of rotatable bonds is 8. The molecular weight excluding hydrogens is 398 g/mol. The van der Waals surface area contributed by atoms with Gasteiger partial charge < -0.3 is 5.32 Å². The smallest absolute Gasteiger partial charge is 0.266 e. The summed E-state index contributed by atoms with van der Waals surface area (Å²) < 4.78 is 29.8. The Balaban J connectivity index is 1.64. The van der Waals surface area contributed by atoms with Crippen LogP contribution in [-0.4, -0.2) is 45.4 Å². The molecule has 11 nitrogen and oxygen atoms in total. The molecule has 12 heteroatoms. The van der Waals surface area contributed by atoms with E-state index < -0.39 is 10.0 Å². The maximum atomic E-state index is 12.4. The number of hydrogen-bond donors (Lipinski definition) is 2. The average molecular weight is 417 g/mol. The zero-order valence-electron chi connectivity index (χ0n) is 15.5. The number of carbonyl (C=O) groups is 1. The molecule has 3 rings (SSSR count). The highest BCUT2D eigenvalue weighted by Crippen LogP contribution is 2.14. The minimum absolute atomic E-state index is 0.0330. The number of amides is 1. The molecule has 0 aliphatic carbocycles. The fourth-order valence-corrected chi connectivity index (χ4v) is 3.40. The van der Waals surface area contributed by atoms with Crippen molar-refractivity contribution in [3.63, 3.8) is 0 Å². The van der Waals surface area contributed by atoms with Crippen molar-refractivity contribution in [2.45, 2.75) is 24.8 Å². The number of sulfonamides is 1. The maximum Gasteiger partial charge on any atom is 0.266 e. The second-order valence-corrected chi connectivity index (χ2v) is 7.68. The van der Waals surface area contributed by atoms with Gasteiger partial charge in [-0.1, -0.05) is 6.92 Å². The van der Waals surface area contributed by atoms with E-state index in [0.717, 1.165) is 4.68 Å². The molecule has 0 atom stereocenters. The van der Waals surface area contributed by atoms with Gasteiger partial charge in [-0.2, -0.15) is 5.10 Å². The highest BCUT2D eigenvalue weighted by atomic mass is 32.2. The molecule has 0 aliphatic heterocycles. The first kappa shape index (κ1) is 20.4. The van der Waals surface area contributed by atoms with Crippen LogP contribution in [0.15, 0.2) is 58.7 Å². The molecule has 0 saturated carbocycles. The lowest BCUT2D eigenvalue weighted by atomic mass is 10.3. The predicted molar refractivity (Wildman–Crippen MR) is 104 cm³/mol. The summed E-state index contributed by atoms with van der Waals surface area (Å²) in [5.74, 6) is 0.222. The molecule has 0 unspecified atom stereocenters. The van der Waals surface area contributed by atoms with Crippen molar-refractivity contribution in [2.75, 3.05) is 11.9 Å². The molecule has 0 fully saturated rings. The van der Waals surface area contributed by atoms with Crippen molar-refractivity contribution in [1.29, 1.82) is 0 Å². The highest BCUT2D eigenvalue weighted by Gasteiger charge is 2.14. The minimum Gasteiger partial charge on any atom is -0.326 e. The van der Waals surface area contributed by atoms with E-state index in [0.29, 0.717) is 17.9 Å². The van der Waals surface area contributed by atoms with Crippen molar-refractivity contribution in [3.8, 4) is 5.82 Å². The van der Waals surface area contributed by atoms with Gasteiger partial charge in [0.25, 0.3) is 5.56 Å². The van der Waals surface area contributed by atoms with E-state index in [2.05, 4.69) is 25.2 Å². The zero-order chi connectivity index (χ0) is 20.9. The number of anilines is 1. The van der Waals surface area contributed by atoms with Gasteiger partial charge in [0.2, 0.25) is 15.9 Å².